The van der Waals surface area contributed by atoms with E-state index in [0.717, 1.165) is 36.3 Å². The molecule has 0 amide bonds. The van der Waals surface area contributed by atoms with Crippen LogP contribution in [0.25, 0.3) is 0 Å². The number of aromatic nitrogens is 2. The van der Waals surface area contributed by atoms with Gasteiger partial charge in [0.05, 0.1) is 6.20 Å². The van der Waals surface area contributed by atoms with Crippen LogP contribution < -0.4 is 10.1 Å². The summed E-state index contributed by atoms with van der Waals surface area (Å²) in [5.74, 6) is 0.516. The summed E-state index contributed by atoms with van der Waals surface area (Å²) in [6, 6.07) is 4.78. The molecule has 0 spiro atoms. The Hall–Kier alpha value is -1.88. The largest absolute Gasteiger partial charge is 0.485 e. The maximum atomic E-state index is 13.4. The molecule has 0 fully saturated rings. The number of nitrogens with one attached hydrogen (secondary N) is 1. The average Bonchev–Trinajstić information content (AvgIpc) is 2.95. The van der Waals surface area contributed by atoms with Crippen LogP contribution in [-0.2, 0) is 6.54 Å². The third kappa shape index (κ3) is 2.78. The van der Waals surface area contributed by atoms with Gasteiger partial charge in [-0.05, 0) is 31.7 Å². The summed E-state index contributed by atoms with van der Waals surface area (Å²) in [6.45, 7) is 3.03. The van der Waals surface area contributed by atoms with Crippen LogP contribution in [0.5, 0.6) is 5.75 Å². The van der Waals surface area contributed by atoms with Crippen LogP contribution in [0.1, 0.15) is 43.0 Å². The van der Waals surface area contributed by atoms with Crippen LogP contribution in [0.15, 0.2) is 30.6 Å². The molecule has 0 saturated carbocycles. The van der Waals surface area contributed by atoms with Gasteiger partial charge in [0.15, 0.2) is 0 Å². The van der Waals surface area contributed by atoms with Crippen molar-refractivity contribution in [2.45, 2.75) is 38.5 Å². The van der Waals surface area contributed by atoms with Gasteiger partial charge >= 0.3 is 0 Å². The van der Waals surface area contributed by atoms with Gasteiger partial charge in [-0.15, -0.1) is 0 Å². The number of halogens is 1. The number of benzene rings is 1. The fourth-order valence-corrected chi connectivity index (χ4v) is 2.82. The molecule has 0 bridgehead atoms. The summed E-state index contributed by atoms with van der Waals surface area (Å²) < 4.78 is 21.4. The van der Waals surface area contributed by atoms with Crippen LogP contribution in [0.4, 0.5) is 4.39 Å². The van der Waals surface area contributed by atoms with E-state index in [1.165, 1.54) is 6.07 Å². The van der Waals surface area contributed by atoms with E-state index in [1.54, 1.807) is 12.1 Å². The van der Waals surface area contributed by atoms with Gasteiger partial charge in [-0.3, -0.25) is 4.68 Å². The van der Waals surface area contributed by atoms with Gasteiger partial charge in [-0.25, -0.2) is 4.39 Å². The Morgan fingerprint density at radius 2 is 2.33 bits per heavy atom. The second-order valence-electron chi connectivity index (χ2n) is 5.40. The average molecular weight is 289 g/mol. The Morgan fingerprint density at radius 3 is 3.10 bits per heavy atom. The molecule has 1 aliphatic heterocycles. The van der Waals surface area contributed by atoms with Crippen molar-refractivity contribution >= 4 is 0 Å². The summed E-state index contributed by atoms with van der Waals surface area (Å²) in [7, 11) is 1.89. The molecule has 2 aromatic rings. The third-order valence-electron chi connectivity index (χ3n) is 3.89. The fourth-order valence-electron chi connectivity index (χ4n) is 2.82. The molecule has 4 nitrogen and oxygen atoms in total. The van der Waals surface area contributed by atoms with Gasteiger partial charge in [0.2, 0.25) is 0 Å². The Morgan fingerprint density at radius 1 is 1.48 bits per heavy atom. The number of fused-ring (bicyclic) bond motifs is 1. The van der Waals surface area contributed by atoms with Gasteiger partial charge in [-0.2, -0.15) is 5.10 Å². The fraction of sp³-hybridized carbons (Fsp3) is 0.438. The molecule has 2 unspecified atom stereocenters. The molecule has 21 heavy (non-hydrogen) atoms. The molecule has 1 aromatic carbocycles. The van der Waals surface area contributed by atoms with E-state index in [1.807, 2.05) is 24.1 Å². The van der Waals surface area contributed by atoms with E-state index in [0.29, 0.717) is 0 Å². The van der Waals surface area contributed by atoms with Crippen LogP contribution in [0.2, 0.25) is 0 Å². The Balaban J connectivity index is 1.87. The topological polar surface area (TPSA) is 39.1 Å². The number of nitrogens with zero attached hydrogens (tertiary/aromatic N) is 2. The van der Waals surface area contributed by atoms with Crippen LogP contribution >= 0.6 is 0 Å². The second-order valence-corrected chi connectivity index (χ2v) is 5.40. The lowest BCUT2D eigenvalue weighted by Crippen LogP contribution is -2.26. The Bertz CT molecular complexity index is 626. The smallest absolute Gasteiger partial charge is 0.129 e. The number of hydrogen-bond acceptors (Lipinski definition) is 3. The van der Waals surface area contributed by atoms with Crippen molar-refractivity contribution in [1.82, 2.24) is 15.1 Å². The first-order valence-electron chi connectivity index (χ1n) is 7.37. The van der Waals surface area contributed by atoms with Crippen molar-refractivity contribution in [3.05, 3.63) is 47.5 Å². The van der Waals surface area contributed by atoms with E-state index >= 15 is 0 Å². The van der Waals surface area contributed by atoms with Crippen molar-refractivity contribution < 1.29 is 9.13 Å². The first kappa shape index (κ1) is 14.1. The second kappa shape index (κ2) is 5.85. The predicted octanol–water partition coefficient (Wildman–Crippen LogP) is 3.22. The molecule has 0 saturated heterocycles. The lowest BCUT2D eigenvalue weighted by Gasteiger charge is -2.31. The molecule has 3 rings (SSSR count). The number of ether oxygens (including phenoxy) is 1. The molecule has 5 heteroatoms. The van der Waals surface area contributed by atoms with Crippen molar-refractivity contribution in [1.29, 1.82) is 0 Å². The lowest BCUT2D eigenvalue weighted by molar-refractivity contribution is 0.153. The molecule has 112 valence electrons. The lowest BCUT2D eigenvalue weighted by atomic mass is 9.94. The zero-order valence-electron chi connectivity index (χ0n) is 12.3. The highest BCUT2D eigenvalue weighted by molar-refractivity contribution is 5.39. The van der Waals surface area contributed by atoms with E-state index in [9.17, 15) is 4.39 Å². The highest BCUT2D eigenvalue weighted by Crippen LogP contribution is 2.40. The zero-order valence-corrected chi connectivity index (χ0v) is 12.3. The zero-order chi connectivity index (χ0) is 14.8. The summed E-state index contributed by atoms with van der Waals surface area (Å²) in [4.78, 5) is 0. The minimum Gasteiger partial charge on any atom is -0.485 e. The SMILES string of the molecule is CCCn1cc(C2CC(NC)c3cc(F)ccc3O2)cn1. The number of aryl methyl sites for hydroxylation is 1. The Labute approximate surface area is 123 Å². The van der Waals surface area contributed by atoms with E-state index in [-0.39, 0.29) is 18.0 Å². The van der Waals surface area contributed by atoms with E-state index in [2.05, 4.69) is 17.3 Å². The van der Waals surface area contributed by atoms with Gasteiger partial charge < -0.3 is 10.1 Å². The minimum atomic E-state index is -0.230. The molecular formula is C16H20FN3O. The highest BCUT2D eigenvalue weighted by atomic mass is 19.1. The third-order valence-corrected chi connectivity index (χ3v) is 3.89. The molecule has 1 aromatic heterocycles. The molecule has 1 aliphatic rings. The first-order chi connectivity index (χ1) is 10.2. The van der Waals surface area contributed by atoms with Crippen molar-refractivity contribution in [2.24, 2.45) is 0 Å². The van der Waals surface area contributed by atoms with Crippen LogP contribution in [-0.4, -0.2) is 16.8 Å². The molecule has 0 radical (unpaired) electrons. The van der Waals surface area contributed by atoms with E-state index < -0.39 is 0 Å². The normalized spacial score (nSPS) is 20.9. The molecule has 2 atom stereocenters. The van der Waals surface area contributed by atoms with Gasteiger partial charge in [0, 0.05) is 36.3 Å². The van der Waals surface area contributed by atoms with Crippen LogP contribution in [0.3, 0.4) is 0 Å². The molecule has 1 N–H and O–H groups in total. The van der Waals surface area contributed by atoms with Gasteiger partial charge in [0.1, 0.15) is 17.7 Å². The predicted molar refractivity (Wildman–Crippen MR) is 78.7 cm³/mol. The first-order valence-corrected chi connectivity index (χ1v) is 7.37. The summed E-state index contributed by atoms with van der Waals surface area (Å²) in [5.41, 5.74) is 1.95. The Kier molecular flexibility index (Phi) is 3.92. The van der Waals surface area contributed by atoms with Gasteiger partial charge in [0.25, 0.3) is 0 Å². The molecule has 2 heterocycles. The van der Waals surface area contributed by atoms with E-state index in [4.69, 9.17) is 4.74 Å². The molecular weight excluding hydrogens is 269 g/mol. The van der Waals surface area contributed by atoms with Crippen molar-refractivity contribution in [2.75, 3.05) is 7.05 Å². The quantitative estimate of drug-likeness (QED) is 0.939. The molecule has 0 aliphatic carbocycles. The summed E-state index contributed by atoms with van der Waals surface area (Å²) in [6.07, 6.45) is 5.67. The van der Waals surface area contributed by atoms with Crippen LogP contribution in [0, 0.1) is 5.82 Å². The highest BCUT2D eigenvalue weighted by Gasteiger charge is 2.29. The minimum absolute atomic E-state index is 0.0500. The van der Waals surface area contributed by atoms with Gasteiger partial charge in [-0.1, -0.05) is 6.92 Å². The summed E-state index contributed by atoms with van der Waals surface area (Å²) in [5, 5.41) is 7.60. The summed E-state index contributed by atoms with van der Waals surface area (Å²) >= 11 is 0. The monoisotopic (exact) mass is 289 g/mol. The van der Waals surface area contributed by atoms with Crippen molar-refractivity contribution in [3.8, 4) is 5.75 Å². The van der Waals surface area contributed by atoms with Crippen molar-refractivity contribution in [3.63, 3.8) is 0 Å². The maximum absolute atomic E-state index is 13.4. The maximum Gasteiger partial charge on any atom is 0.129 e. The number of hydrogen-bond donors (Lipinski definition) is 1. The standard InChI is InChI=1S/C16H20FN3O/c1-3-6-20-10-11(9-19-20)16-8-14(18-2)13-7-12(17)4-5-15(13)21-16/h4-5,7,9-10,14,16,18H,3,6,8H2,1-2H3. The number of rotatable bonds is 4.